The predicted octanol–water partition coefficient (Wildman–Crippen LogP) is 4.67. The molecular weight excluding hydrogens is 522 g/mol. The molecule has 10 heteroatoms. The highest BCUT2D eigenvalue weighted by Gasteiger charge is 2.28. The molecule has 1 unspecified atom stereocenters. The molecule has 0 aliphatic heterocycles. The summed E-state index contributed by atoms with van der Waals surface area (Å²) in [7, 11) is 0. The van der Waals surface area contributed by atoms with Crippen LogP contribution in [-0.4, -0.2) is 25.6 Å². The van der Waals surface area contributed by atoms with Crippen LogP contribution >= 0.6 is 0 Å². The van der Waals surface area contributed by atoms with Crippen molar-refractivity contribution < 1.29 is 13.9 Å². The van der Waals surface area contributed by atoms with Crippen molar-refractivity contribution in [3.63, 3.8) is 0 Å². The predicted molar refractivity (Wildman–Crippen MR) is 152 cm³/mol. The first-order valence-corrected chi connectivity index (χ1v) is 12.8. The van der Waals surface area contributed by atoms with Crippen molar-refractivity contribution in [3.8, 4) is 17.3 Å². The molecule has 1 atom stereocenters. The Balaban J connectivity index is 1.35. The Hall–Kier alpha value is -5.77. The molecule has 0 bridgehead atoms. The smallest absolute Gasteiger partial charge is 0.413 e. The number of hydrogen-bond donors (Lipinski definition) is 2. The van der Waals surface area contributed by atoms with Gasteiger partial charge in [-0.05, 0) is 29.3 Å². The molecule has 2 N–H and O–H groups in total. The van der Waals surface area contributed by atoms with Gasteiger partial charge in [0, 0.05) is 18.5 Å². The van der Waals surface area contributed by atoms with E-state index < -0.39 is 12.1 Å². The molecule has 41 heavy (non-hydrogen) atoms. The monoisotopic (exact) mass is 545 g/mol. The lowest BCUT2D eigenvalue weighted by Crippen LogP contribution is -2.35. The first-order valence-electron chi connectivity index (χ1n) is 12.8. The van der Waals surface area contributed by atoms with Crippen LogP contribution in [0.2, 0.25) is 0 Å². The summed E-state index contributed by atoms with van der Waals surface area (Å²) >= 11 is 0. The molecule has 0 fully saturated rings. The number of pyridine rings is 3. The van der Waals surface area contributed by atoms with Gasteiger partial charge in [0.05, 0.1) is 29.7 Å². The van der Waals surface area contributed by atoms with Crippen molar-refractivity contribution in [3.05, 3.63) is 147 Å². The molecule has 0 aliphatic rings. The van der Waals surface area contributed by atoms with E-state index in [9.17, 15) is 14.4 Å². The van der Waals surface area contributed by atoms with Crippen LogP contribution in [0.3, 0.4) is 0 Å². The number of rotatable bonds is 7. The van der Waals surface area contributed by atoms with Gasteiger partial charge in [0.1, 0.15) is 23.4 Å². The van der Waals surface area contributed by atoms with E-state index >= 15 is 0 Å². The van der Waals surface area contributed by atoms with E-state index in [0.717, 1.165) is 5.56 Å². The van der Waals surface area contributed by atoms with Crippen LogP contribution in [0.4, 0.5) is 4.79 Å². The third-order valence-corrected chi connectivity index (χ3v) is 6.51. The lowest BCUT2D eigenvalue weighted by molar-refractivity contribution is 0.197. The van der Waals surface area contributed by atoms with Crippen LogP contribution in [0, 0.1) is 0 Å². The average Bonchev–Trinajstić information content (AvgIpc) is 3.54. The van der Waals surface area contributed by atoms with E-state index in [4.69, 9.17) is 9.15 Å². The third-order valence-electron chi connectivity index (χ3n) is 6.51. The van der Waals surface area contributed by atoms with Crippen molar-refractivity contribution in [2.45, 2.75) is 12.6 Å². The standard InChI is InChI=1S/C31H23N5O5/c37-24-18-22(13-16-36(24)19-20-8-3-1-4-9-20)41-31(39)35-26(21-10-5-2-6-11-21)25-27(30-33-15-17-40-30)34-29-23(28(25)38)12-7-14-32-29/h1-18,26H,19H2,(H,35,39)(H,32,34,38). The maximum absolute atomic E-state index is 13.9. The second kappa shape index (κ2) is 11.1. The molecule has 1 amide bonds. The van der Waals surface area contributed by atoms with Gasteiger partial charge >= 0.3 is 6.09 Å². The summed E-state index contributed by atoms with van der Waals surface area (Å²) in [5.74, 6) is 0.218. The normalized spacial score (nSPS) is 11.7. The number of benzene rings is 2. The molecule has 0 spiro atoms. The molecule has 0 saturated heterocycles. The quantitative estimate of drug-likeness (QED) is 0.298. The molecular formula is C31H23N5O5. The summed E-state index contributed by atoms with van der Waals surface area (Å²) in [6.07, 6.45) is 5.12. The topological polar surface area (TPSA) is 132 Å². The Morgan fingerprint density at radius 3 is 2.46 bits per heavy atom. The highest BCUT2D eigenvalue weighted by molar-refractivity contribution is 5.80. The number of amides is 1. The van der Waals surface area contributed by atoms with Gasteiger partial charge in [-0.15, -0.1) is 0 Å². The minimum atomic E-state index is -0.961. The molecule has 10 nitrogen and oxygen atoms in total. The number of hydrogen-bond acceptors (Lipinski definition) is 7. The second-order valence-electron chi connectivity index (χ2n) is 9.17. The SMILES string of the molecule is O=C(NC(c1ccccc1)c1c(-c2ncco2)[nH]c2ncccc2c1=O)Oc1ccn(Cc2ccccc2)c(=O)c1. The highest BCUT2D eigenvalue weighted by Crippen LogP contribution is 2.29. The van der Waals surface area contributed by atoms with Crippen LogP contribution in [-0.2, 0) is 6.54 Å². The Bertz CT molecular complexity index is 1930. The summed E-state index contributed by atoms with van der Waals surface area (Å²) in [5, 5.41) is 3.13. The van der Waals surface area contributed by atoms with Gasteiger partial charge in [-0.25, -0.2) is 14.8 Å². The van der Waals surface area contributed by atoms with Gasteiger partial charge in [-0.1, -0.05) is 60.7 Å². The Morgan fingerprint density at radius 1 is 0.951 bits per heavy atom. The Labute approximate surface area is 232 Å². The molecule has 0 radical (unpaired) electrons. The molecule has 4 aromatic heterocycles. The molecule has 6 aromatic rings. The van der Waals surface area contributed by atoms with Crippen molar-refractivity contribution in [2.75, 3.05) is 0 Å². The Morgan fingerprint density at radius 2 is 1.73 bits per heavy atom. The first kappa shape index (κ1) is 25.5. The van der Waals surface area contributed by atoms with Crippen molar-refractivity contribution in [1.29, 1.82) is 0 Å². The van der Waals surface area contributed by atoms with Crippen LogP contribution in [0.5, 0.6) is 5.75 Å². The third kappa shape index (κ3) is 5.39. The van der Waals surface area contributed by atoms with Gasteiger partial charge in [0.2, 0.25) is 5.89 Å². The summed E-state index contributed by atoms with van der Waals surface area (Å²) < 4.78 is 12.5. The largest absolute Gasteiger partial charge is 0.443 e. The molecule has 0 saturated carbocycles. The van der Waals surface area contributed by atoms with Crippen LogP contribution in [0.15, 0.2) is 124 Å². The van der Waals surface area contributed by atoms with E-state index in [1.165, 1.54) is 29.2 Å². The Kier molecular flexibility index (Phi) is 6.93. The number of carbonyl (C=O) groups excluding carboxylic acids is 1. The van der Waals surface area contributed by atoms with Gasteiger partial charge < -0.3 is 24.0 Å². The zero-order valence-corrected chi connectivity index (χ0v) is 21.6. The number of aromatic nitrogens is 4. The number of nitrogens with one attached hydrogen (secondary N) is 2. The number of ether oxygens (including phenoxy) is 1. The fourth-order valence-corrected chi connectivity index (χ4v) is 4.61. The van der Waals surface area contributed by atoms with Gasteiger partial charge in [-0.2, -0.15) is 0 Å². The van der Waals surface area contributed by atoms with Gasteiger partial charge in [0.25, 0.3) is 5.56 Å². The lowest BCUT2D eigenvalue weighted by Gasteiger charge is -2.21. The maximum Gasteiger partial charge on any atom is 0.413 e. The van der Waals surface area contributed by atoms with Crippen molar-refractivity contribution in [2.24, 2.45) is 0 Å². The number of carbonyl (C=O) groups is 1. The minimum Gasteiger partial charge on any atom is -0.443 e. The zero-order chi connectivity index (χ0) is 28.2. The van der Waals surface area contributed by atoms with E-state index in [2.05, 4.69) is 20.3 Å². The number of nitrogens with zero attached hydrogens (tertiary/aromatic N) is 3. The molecule has 0 aliphatic carbocycles. The zero-order valence-electron chi connectivity index (χ0n) is 21.6. The van der Waals surface area contributed by atoms with Crippen molar-refractivity contribution >= 4 is 17.1 Å². The van der Waals surface area contributed by atoms with E-state index in [-0.39, 0.29) is 33.9 Å². The highest BCUT2D eigenvalue weighted by atomic mass is 16.6. The summed E-state index contributed by atoms with van der Waals surface area (Å²) in [5.41, 5.74) is 1.69. The number of oxazole rings is 1. The maximum atomic E-state index is 13.9. The summed E-state index contributed by atoms with van der Waals surface area (Å²) in [6, 6.07) is 23.6. The number of H-pyrrole nitrogens is 1. The molecule has 6 rings (SSSR count). The second-order valence-corrected chi connectivity index (χ2v) is 9.17. The van der Waals surface area contributed by atoms with Crippen LogP contribution < -0.4 is 21.0 Å². The van der Waals surface area contributed by atoms with Gasteiger partial charge in [0.15, 0.2) is 5.43 Å². The average molecular weight is 546 g/mol. The van der Waals surface area contributed by atoms with E-state index in [0.29, 0.717) is 23.1 Å². The molecule has 4 heterocycles. The minimum absolute atomic E-state index is 0.0631. The van der Waals surface area contributed by atoms with Crippen LogP contribution in [0.25, 0.3) is 22.6 Å². The van der Waals surface area contributed by atoms with Gasteiger partial charge in [-0.3, -0.25) is 9.59 Å². The van der Waals surface area contributed by atoms with Crippen molar-refractivity contribution in [1.82, 2.24) is 24.8 Å². The first-order chi connectivity index (χ1) is 20.1. The fraction of sp³-hybridized carbons (Fsp3) is 0.0645. The summed E-state index contributed by atoms with van der Waals surface area (Å²) in [4.78, 5) is 51.4. The molecule has 2 aromatic carbocycles. The number of fused-ring (bicyclic) bond motifs is 1. The van der Waals surface area contributed by atoms with Crippen LogP contribution in [0.1, 0.15) is 22.7 Å². The number of aromatic amines is 1. The van der Waals surface area contributed by atoms with E-state index in [1.807, 2.05) is 36.4 Å². The molecule has 202 valence electrons. The lowest BCUT2D eigenvalue weighted by atomic mass is 9.95. The summed E-state index contributed by atoms with van der Waals surface area (Å²) in [6.45, 7) is 0.380. The van der Waals surface area contributed by atoms with E-state index in [1.54, 1.807) is 48.8 Å². The fourth-order valence-electron chi connectivity index (χ4n) is 4.61.